The van der Waals surface area contributed by atoms with E-state index < -0.39 is 0 Å². The summed E-state index contributed by atoms with van der Waals surface area (Å²) in [5.74, 6) is 7.64. The summed E-state index contributed by atoms with van der Waals surface area (Å²) in [6.07, 6.45) is 11.8. The van der Waals surface area contributed by atoms with Crippen LogP contribution in [0.2, 0.25) is 0 Å². The van der Waals surface area contributed by atoms with Crippen molar-refractivity contribution < 1.29 is 19.0 Å². The van der Waals surface area contributed by atoms with Crippen molar-refractivity contribution in [1.82, 2.24) is 0 Å². The van der Waals surface area contributed by atoms with Crippen molar-refractivity contribution in [1.29, 1.82) is 0 Å². The molecule has 0 bridgehead atoms. The second-order valence-corrected chi connectivity index (χ2v) is 8.74. The van der Waals surface area contributed by atoms with E-state index in [9.17, 15) is 4.79 Å². The molecular weight excluding hydrogens is 400 g/mol. The first-order chi connectivity index (χ1) is 15.8. The Hall–Kier alpha value is -2.77. The molecule has 0 amide bonds. The number of carbonyl (C=O) groups is 1. The lowest BCUT2D eigenvalue weighted by molar-refractivity contribution is -0.139. The molecule has 4 nitrogen and oxygen atoms in total. The van der Waals surface area contributed by atoms with Gasteiger partial charge in [0.15, 0.2) is 6.79 Å². The molecule has 2 fully saturated rings. The van der Waals surface area contributed by atoms with E-state index in [2.05, 4.69) is 11.8 Å². The monoisotopic (exact) mass is 432 g/mol. The van der Waals surface area contributed by atoms with Crippen molar-refractivity contribution in [2.75, 3.05) is 6.79 Å². The summed E-state index contributed by atoms with van der Waals surface area (Å²) in [4.78, 5) is 12.3. The van der Waals surface area contributed by atoms with E-state index in [0.29, 0.717) is 18.6 Å². The number of benzene rings is 2. The van der Waals surface area contributed by atoms with E-state index in [4.69, 9.17) is 14.2 Å². The average molecular weight is 433 g/mol. The number of rotatable bonds is 6. The van der Waals surface area contributed by atoms with E-state index >= 15 is 0 Å². The van der Waals surface area contributed by atoms with Crippen LogP contribution >= 0.6 is 0 Å². The highest BCUT2D eigenvalue weighted by Crippen LogP contribution is 2.26. The molecule has 2 aromatic rings. The van der Waals surface area contributed by atoms with Gasteiger partial charge in [0.05, 0.1) is 12.0 Å². The molecule has 0 aliphatic heterocycles. The van der Waals surface area contributed by atoms with Crippen molar-refractivity contribution in [3.8, 4) is 23.3 Å². The molecule has 32 heavy (non-hydrogen) atoms. The van der Waals surface area contributed by atoms with Gasteiger partial charge in [0.1, 0.15) is 11.5 Å². The van der Waals surface area contributed by atoms with Gasteiger partial charge >= 0.3 is 5.97 Å². The van der Waals surface area contributed by atoms with Crippen LogP contribution in [0.1, 0.15) is 75.3 Å². The summed E-state index contributed by atoms with van der Waals surface area (Å²) in [5.41, 5.74) is 1.79. The van der Waals surface area contributed by atoms with Crippen LogP contribution in [0.15, 0.2) is 48.5 Å². The largest absolute Gasteiger partial charge is 0.468 e. The van der Waals surface area contributed by atoms with Crippen molar-refractivity contribution in [3.63, 3.8) is 0 Å². The quantitative estimate of drug-likeness (QED) is 0.234. The summed E-state index contributed by atoms with van der Waals surface area (Å²) >= 11 is 0. The Bertz CT molecular complexity index is 909. The minimum atomic E-state index is -0.102. The lowest BCUT2D eigenvalue weighted by atomic mass is 9.89. The zero-order chi connectivity index (χ0) is 22.0. The van der Waals surface area contributed by atoms with Gasteiger partial charge in [-0.2, -0.15) is 0 Å². The van der Waals surface area contributed by atoms with Gasteiger partial charge in [0.25, 0.3) is 0 Å². The molecule has 0 unspecified atom stereocenters. The fourth-order valence-corrected chi connectivity index (χ4v) is 4.35. The number of ether oxygens (including phenoxy) is 3. The smallest absolute Gasteiger partial charge is 0.314 e. The van der Waals surface area contributed by atoms with Crippen molar-refractivity contribution in [2.45, 2.75) is 70.3 Å². The highest BCUT2D eigenvalue weighted by molar-refractivity contribution is 5.75. The van der Waals surface area contributed by atoms with E-state index in [1.807, 2.05) is 48.5 Å². The molecule has 0 spiro atoms. The summed E-state index contributed by atoms with van der Waals surface area (Å²) in [5, 5.41) is 0. The molecule has 0 aromatic heterocycles. The van der Waals surface area contributed by atoms with E-state index in [-0.39, 0.29) is 11.9 Å². The van der Waals surface area contributed by atoms with Gasteiger partial charge in [-0.15, -0.1) is 0 Å². The van der Waals surface area contributed by atoms with Crippen LogP contribution in [0.25, 0.3) is 0 Å². The van der Waals surface area contributed by atoms with E-state index in [1.165, 1.54) is 25.7 Å². The summed E-state index contributed by atoms with van der Waals surface area (Å²) in [6, 6.07) is 15.1. The lowest BCUT2D eigenvalue weighted by Gasteiger charge is -2.21. The van der Waals surface area contributed by atoms with E-state index in [1.54, 1.807) is 0 Å². The van der Waals surface area contributed by atoms with Gasteiger partial charge in [0.2, 0.25) is 0 Å². The Morgan fingerprint density at radius 2 is 1.25 bits per heavy atom. The minimum Gasteiger partial charge on any atom is -0.468 e. The third-order valence-corrected chi connectivity index (χ3v) is 6.30. The fourth-order valence-electron chi connectivity index (χ4n) is 4.35. The summed E-state index contributed by atoms with van der Waals surface area (Å²) in [7, 11) is 0. The zero-order valence-corrected chi connectivity index (χ0v) is 18.7. The predicted octanol–water partition coefficient (Wildman–Crippen LogP) is 6.26. The number of carbonyl (C=O) groups excluding carboxylic acids is 1. The molecule has 0 radical (unpaired) electrons. The number of hydrogen-bond donors (Lipinski definition) is 0. The first kappa shape index (κ1) is 22.4. The summed E-state index contributed by atoms with van der Waals surface area (Å²) in [6.45, 7) is 0.299. The molecule has 168 valence electrons. The maximum Gasteiger partial charge on any atom is 0.314 e. The Morgan fingerprint density at radius 1 is 0.719 bits per heavy atom. The van der Waals surface area contributed by atoms with Crippen LogP contribution in [0.5, 0.6) is 11.5 Å². The number of hydrogen-bond acceptors (Lipinski definition) is 4. The highest BCUT2D eigenvalue weighted by atomic mass is 16.7. The van der Waals surface area contributed by atoms with Crippen LogP contribution in [0, 0.1) is 17.8 Å². The average Bonchev–Trinajstić information content (AvgIpc) is 2.85. The molecule has 0 atom stereocenters. The standard InChI is InChI=1S/C28H32O4/c29-28(24-7-3-1-4-8-24)32-27-19-15-23(16-20-27)12-11-22-13-17-26(18-14-22)31-21-30-25-9-5-2-6-10-25/h13-20,24-25H,1-10,21H2. The zero-order valence-electron chi connectivity index (χ0n) is 18.7. The molecule has 0 N–H and O–H groups in total. The van der Waals surface area contributed by atoms with Crippen molar-refractivity contribution >= 4 is 5.97 Å². The molecule has 4 heteroatoms. The number of esters is 1. The van der Waals surface area contributed by atoms with Gasteiger partial charge in [-0.05, 0) is 74.2 Å². The Balaban J connectivity index is 1.24. The Kier molecular flexibility index (Phi) is 8.23. The molecule has 2 aliphatic rings. The van der Waals surface area contributed by atoms with Crippen LogP contribution in [-0.4, -0.2) is 18.9 Å². The predicted molar refractivity (Wildman–Crippen MR) is 125 cm³/mol. The van der Waals surface area contributed by atoms with Crippen LogP contribution in [0.4, 0.5) is 0 Å². The molecule has 2 saturated carbocycles. The molecule has 4 rings (SSSR count). The minimum absolute atomic E-state index is 0.0500. The maximum atomic E-state index is 12.3. The van der Waals surface area contributed by atoms with Crippen LogP contribution in [-0.2, 0) is 9.53 Å². The van der Waals surface area contributed by atoms with Gasteiger partial charge in [-0.3, -0.25) is 4.79 Å². The molecule has 0 heterocycles. The highest BCUT2D eigenvalue weighted by Gasteiger charge is 2.22. The molecule has 2 aromatic carbocycles. The van der Waals surface area contributed by atoms with Crippen molar-refractivity contribution in [3.05, 3.63) is 59.7 Å². The van der Waals surface area contributed by atoms with Crippen molar-refractivity contribution in [2.24, 2.45) is 5.92 Å². The second-order valence-electron chi connectivity index (χ2n) is 8.74. The normalized spacial score (nSPS) is 17.2. The lowest BCUT2D eigenvalue weighted by Crippen LogP contribution is -2.22. The van der Waals surface area contributed by atoms with Crippen LogP contribution in [0.3, 0.4) is 0 Å². The first-order valence-electron chi connectivity index (χ1n) is 11.9. The van der Waals surface area contributed by atoms with E-state index in [0.717, 1.165) is 55.4 Å². The maximum absolute atomic E-state index is 12.3. The SMILES string of the molecule is O=C(Oc1ccc(C#Cc2ccc(OCOC3CCCCC3)cc2)cc1)C1CCCCC1. The Labute approximate surface area is 191 Å². The molecule has 2 aliphatic carbocycles. The Morgan fingerprint density at radius 3 is 1.84 bits per heavy atom. The van der Waals surface area contributed by atoms with Gasteiger partial charge in [-0.1, -0.05) is 50.4 Å². The second kappa shape index (κ2) is 11.7. The third-order valence-electron chi connectivity index (χ3n) is 6.30. The van der Waals surface area contributed by atoms with Gasteiger partial charge < -0.3 is 14.2 Å². The topological polar surface area (TPSA) is 44.8 Å². The summed E-state index contributed by atoms with van der Waals surface area (Å²) < 4.78 is 17.1. The third kappa shape index (κ3) is 6.87. The molecular formula is C28H32O4. The van der Waals surface area contributed by atoms with Gasteiger partial charge in [0, 0.05) is 11.1 Å². The first-order valence-corrected chi connectivity index (χ1v) is 11.9. The van der Waals surface area contributed by atoms with Gasteiger partial charge in [-0.25, -0.2) is 0 Å². The molecule has 0 saturated heterocycles. The fraction of sp³-hybridized carbons (Fsp3) is 0.464. The van der Waals surface area contributed by atoms with Crippen LogP contribution < -0.4 is 9.47 Å².